The summed E-state index contributed by atoms with van der Waals surface area (Å²) in [5, 5.41) is 11.2. The molecular weight excluding hydrogens is 510 g/mol. The predicted octanol–water partition coefficient (Wildman–Crippen LogP) is 3.67. The standard InChI is InChI=1S/C30H57N5O5/c1-19(2)17-23(18-20(3)4)28(38)32-15-11-9-10-14-25(36)35-26(21(5)6)29(39)34-24(27(37)22(7)8)13-12-16-33-30(31)40/h19-24,26H,9-18H2,1-8H3,(H,32,38)(H,34,39)(H,35,36)(H3,31,33,40)/t24-,26-/m0/s1. The third-order valence-corrected chi connectivity index (χ3v) is 6.73. The Morgan fingerprint density at radius 3 is 1.75 bits per heavy atom. The van der Waals surface area contributed by atoms with Crippen molar-refractivity contribution in [2.45, 2.75) is 119 Å². The lowest BCUT2D eigenvalue weighted by Gasteiger charge is -2.26. The second-order valence-corrected chi connectivity index (χ2v) is 12.4. The Bertz CT molecular complexity index is 787. The van der Waals surface area contributed by atoms with Gasteiger partial charge in [0, 0.05) is 31.3 Å². The molecule has 0 fully saturated rings. The lowest BCUT2D eigenvalue weighted by molar-refractivity contribution is -0.133. The Morgan fingerprint density at radius 2 is 1.25 bits per heavy atom. The molecule has 40 heavy (non-hydrogen) atoms. The second-order valence-electron chi connectivity index (χ2n) is 12.4. The zero-order valence-electron chi connectivity index (χ0n) is 26.2. The van der Waals surface area contributed by atoms with E-state index >= 15 is 0 Å². The van der Waals surface area contributed by atoms with Crippen molar-refractivity contribution >= 4 is 29.5 Å². The van der Waals surface area contributed by atoms with Crippen LogP contribution in [-0.4, -0.2) is 54.7 Å². The first-order valence-electron chi connectivity index (χ1n) is 15.1. The maximum absolute atomic E-state index is 13.1. The van der Waals surface area contributed by atoms with Crippen molar-refractivity contribution in [3.63, 3.8) is 0 Å². The van der Waals surface area contributed by atoms with Crippen LogP contribution in [0, 0.1) is 29.6 Å². The van der Waals surface area contributed by atoms with E-state index in [4.69, 9.17) is 5.73 Å². The number of Topliss-reactive ketones (excluding diaryl/α,β-unsaturated/α-hetero) is 1. The van der Waals surface area contributed by atoms with Gasteiger partial charge in [-0.25, -0.2) is 4.79 Å². The molecule has 0 bridgehead atoms. The first-order chi connectivity index (χ1) is 18.6. The van der Waals surface area contributed by atoms with E-state index in [9.17, 15) is 24.0 Å². The van der Waals surface area contributed by atoms with Crippen LogP contribution in [0.1, 0.15) is 107 Å². The lowest BCUT2D eigenvalue weighted by Crippen LogP contribution is -2.54. The molecule has 0 heterocycles. The molecule has 0 aliphatic heterocycles. The maximum atomic E-state index is 13.1. The Hall–Kier alpha value is -2.65. The van der Waals surface area contributed by atoms with Crippen molar-refractivity contribution in [3.8, 4) is 0 Å². The highest BCUT2D eigenvalue weighted by Crippen LogP contribution is 2.20. The monoisotopic (exact) mass is 567 g/mol. The molecule has 2 atom stereocenters. The van der Waals surface area contributed by atoms with Gasteiger partial charge in [-0.2, -0.15) is 0 Å². The second kappa shape index (κ2) is 20.3. The smallest absolute Gasteiger partial charge is 0.312 e. The summed E-state index contributed by atoms with van der Waals surface area (Å²) < 4.78 is 0. The SMILES string of the molecule is CC(C)CC(CC(C)C)C(=O)NCCCCCC(=O)N[C@H](C(=O)N[C@@H](CCCNC(N)=O)C(=O)C(C)C)C(C)C. The molecule has 0 aromatic carbocycles. The lowest BCUT2D eigenvalue weighted by atomic mass is 9.89. The Labute approximate surface area is 242 Å². The van der Waals surface area contributed by atoms with Gasteiger partial charge in [0.15, 0.2) is 5.78 Å². The molecule has 0 unspecified atom stereocenters. The minimum Gasteiger partial charge on any atom is -0.356 e. The van der Waals surface area contributed by atoms with Gasteiger partial charge in [0.05, 0.1) is 6.04 Å². The molecule has 5 amide bonds. The number of hydrogen-bond donors (Lipinski definition) is 5. The number of unbranched alkanes of at least 4 members (excludes halogenated alkanes) is 2. The fourth-order valence-electron chi connectivity index (χ4n) is 4.64. The van der Waals surface area contributed by atoms with E-state index < -0.39 is 24.0 Å². The first-order valence-corrected chi connectivity index (χ1v) is 15.1. The molecule has 0 aromatic heterocycles. The van der Waals surface area contributed by atoms with E-state index in [0.29, 0.717) is 44.2 Å². The van der Waals surface area contributed by atoms with Crippen molar-refractivity contribution in [3.05, 3.63) is 0 Å². The first kappa shape index (κ1) is 37.4. The fourth-order valence-corrected chi connectivity index (χ4v) is 4.64. The third kappa shape index (κ3) is 17.1. The summed E-state index contributed by atoms with van der Waals surface area (Å²) in [5.41, 5.74) is 5.08. The number of ketones is 1. The number of hydrogen-bond acceptors (Lipinski definition) is 5. The van der Waals surface area contributed by atoms with E-state index in [1.807, 2.05) is 13.8 Å². The van der Waals surface area contributed by atoms with Crippen molar-refractivity contribution in [2.75, 3.05) is 13.1 Å². The summed E-state index contributed by atoms with van der Waals surface area (Å²) in [6.45, 7) is 16.7. The Morgan fingerprint density at radius 1 is 0.675 bits per heavy atom. The van der Waals surface area contributed by atoms with Gasteiger partial charge in [0.25, 0.3) is 0 Å². The van der Waals surface area contributed by atoms with Gasteiger partial charge in [-0.15, -0.1) is 0 Å². The molecule has 0 aromatic rings. The zero-order valence-corrected chi connectivity index (χ0v) is 26.2. The number of carbonyl (C=O) groups is 5. The average Bonchev–Trinajstić information content (AvgIpc) is 2.84. The number of urea groups is 1. The van der Waals surface area contributed by atoms with Crippen LogP contribution in [0.2, 0.25) is 0 Å². The van der Waals surface area contributed by atoms with Crippen LogP contribution in [-0.2, 0) is 19.2 Å². The maximum Gasteiger partial charge on any atom is 0.312 e. The Kier molecular flexibility index (Phi) is 18.9. The molecule has 10 nitrogen and oxygen atoms in total. The minimum atomic E-state index is -0.767. The molecule has 10 heteroatoms. The number of primary amides is 1. The van der Waals surface area contributed by atoms with Crippen molar-refractivity contribution in [1.29, 1.82) is 0 Å². The molecular formula is C30H57N5O5. The molecule has 0 aliphatic rings. The van der Waals surface area contributed by atoms with Gasteiger partial charge in [-0.3, -0.25) is 19.2 Å². The number of nitrogens with one attached hydrogen (secondary N) is 4. The molecule has 0 rings (SSSR count). The van der Waals surface area contributed by atoms with E-state index in [1.54, 1.807) is 13.8 Å². The quantitative estimate of drug-likeness (QED) is 0.134. The van der Waals surface area contributed by atoms with Gasteiger partial charge in [0.2, 0.25) is 17.7 Å². The van der Waals surface area contributed by atoms with E-state index in [2.05, 4.69) is 49.0 Å². The number of amides is 5. The average molecular weight is 568 g/mol. The summed E-state index contributed by atoms with van der Waals surface area (Å²) in [5.74, 6) is -0.0782. The highest BCUT2D eigenvalue weighted by atomic mass is 16.2. The summed E-state index contributed by atoms with van der Waals surface area (Å²) in [6.07, 6.45) is 5.09. The molecule has 232 valence electrons. The van der Waals surface area contributed by atoms with Gasteiger partial charge >= 0.3 is 6.03 Å². The Balaban J connectivity index is 4.70. The van der Waals surface area contributed by atoms with Crippen LogP contribution < -0.4 is 27.0 Å². The summed E-state index contributed by atoms with van der Waals surface area (Å²) in [4.78, 5) is 61.9. The summed E-state index contributed by atoms with van der Waals surface area (Å²) >= 11 is 0. The van der Waals surface area contributed by atoms with E-state index in [0.717, 1.165) is 25.7 Å². The van der Waals surface area contributed by atoms with Crippen LogP contribution in [0.25, 0.3) is 0 Å². The summed E-state index contributed by atoms with van der Waals surface area (Å²) in [7, 11) is 0. The third-order valence-electron chi connectivity index (χ3n) is 6.73. The van der Waals surface area contributed by atoms with Crippen LogP contribution in [0.3, 0.4) is 0 Å². The topological polar surface area (TPSA) is 159 Å². The number of rotatable bonds is 21. The van der Waals surface area contributed by atoms with Gasteiger partial charge < -0.3 is 27.0 Å². The molecule has 0 spiro atoms. The largest absolute Gasteiger partial charge is 0.356 e. The van der Waals surface area contributed by atoms with Crippen LogP contribution >= 0.6 is 0 Å². The van der Waals surface area contributed by atoms with Crippen molar-refractivity contribution < 1.29 is 24.0 Å². The molecule has 0 saturated heterocycles. The molecule has 0 saturated carbocycles. The van der Waals surface area contributed by atoms with E-state index in [-0.39, 0.29) is 41.8 Å². The van der Waals surface area contributed by atoms with Gasteiger partial charge in [0.1, 0.15) is 6.04 Å². The predicted molar refractivity (Wildman–Crippen MR) is 159 cm³/mol. The highest BCUT2D eigenvalue weighted by Gasteiger charge is 2.29. The minimum absolute atomic E-state index is 0.0344. The number of nitrogens with two attached hydrogens (primary N) is 1. The normalized spacial score (nSPS) is 13.0. The van der Waals surface area contributed by atoms with Crippen molar-refractivity contribution in [1.82, 2.24) is 21.3 Å². The molecule has 6 N–H and O–H groups in total. The van der Waals surface area contributed by atoms with E-state index in [1.165, 1.54) is 0 Å². The zero-order chi connectivity index (χ0) is 30.8. The molecule has 0 aliphatic carbocycles. The summed E-state index contributed by atoms with van der Waals surface area (Å²) in [6, 6.07) is -2.12. The van der Waals surface area contributed by atoms with Gasteiger partial charge in [-0.1, -0.05) is 61.8 Å². The van der Waals surface area contributed by atoms with Crippen LogP contribution in [0.5, 0.6) is 0 Å². The molecule has 0 radical (unpaired) electrons. The van der Waals surface area contributed by atoms with Crippen LogP contribution in [0.4, 0.5) is 4.79 Å². The fraction of sp³-hybridized carbons (Fsp3) is 0.833. The highest BCUT2D eigenvalue weighted by molar-refractivity contribution is 5.93. The number of carbonyl (C=O) groups excluding carboxylic acids is 5. The van der Waals surface area contributed by atoms with Crippen molar-refractivity contribution in [2.24, 2.45) is 35.3 Å². The van der Waals surface area contributed by atoms with Gasteiger partial charge in [-0.05, 0) is 56.3 Å². The van der Waals surface area contributed by atoms with Crippen LogP contribution in [0.15, 0.2) is 0 Å².